The van der Waals surface area contributed by atoms with Gasteiger partial charge in [-0.05, 0) is 24.5 Å². The topological polar surface area (TPSA) is 36.4 Å². The fourth-order valence-electron chi connectivity index (χ4n) is 2.87. The number of aliphatic hydroxyl groups is 1. The lowest BCUT2D eigenvalue weighted by molar-refractivity contribution is 0.220. The quantitative estimate of drug-likeness (QED) is 0.935. The highest BCUT2D eigenvalue weighted by molar-refractivity contribution is 5.41. The molecule has 1 fully saturated rings. The summed E-state index contributed by atoms with van der Waals surface area (Å²) < 4.78 is 0. The molecule has 3 heteroatoms. The van der Waals surface area contributed by atoms with Crippen LogP contribution in [0.4, 0.5) is 5.82 Å². The van der Waals surface area contributed by atoms with Gasteiger partial charge in [-0.1, -0.05) is 49.2 Å². The molecule has 3 nitrogen and oxygen atoms in total. The first-order chi connectivity index (χ1) is 10.3. The Balaban J connectivity index is 1.74. The second-order valence-corrected chi connectivity index (χ2v) is 5.66. The van der Waals surface area contributed by atoms with Crippen molar-refractivity contribution in [3.05, 3.63) is 59.8 Å². The fourth-order valence-corrected chi connectivity index (χ4v) is 2.87. The van der Waals surface area contributed by atoms with Crippen molar-refractivity contribution in [2.75, 3.05) is 18.0 Å². The molecule has 1 saturated heterocycles. The van der Waals surface area contributed by atoms with Crippen LogP contribution in [0.25, 0.3) is 0 Å². The van der Waals surface area contributed by atoms with Crippen LogP contribution in [0.15, 0.2) is 48.7 Å². The van der Waals surface area contributed by atoms with E-state index in [1.807, 2.05) is 42.5 Å². The van der Waals surface area contributed by atoms with Crippen LogP contribution in [0.1, 0.15) is 42.9 Å². The van der Waals surface area contributed by atoms with E-state index in [2.05, 4.69) is 9.88 Å². The van der Waals surface area contributed by atoms with E-state index in [4.69, 9.17) is 0 Å². The summed E-state index contributed by atoms with van der Waals surface area (Å²) in [6, 6.07) is 13.7. The van der Waals surface area contributed by atoms with E-state index in [1.165, 1.54) is 25.7 Å². The molecule has 0 unspecified atom stereocenters. The first kappa shape index (κ1) is 14.1. The molecule has 110 valence electrons. The maximum absolute atomic E-state index is 10.4. The van der Waals surface area contributed by atoms with Gasteiger partial charge < -0.3 is 10.0 Å². The van der Waals surface area contributed by atoms with Gasteiger partial charge in [-0.25, -0.2) is 4.98 Å². The Bertz CT molecular complexity index is 545. The van der Waals surface area contributed by atoms with E-state index in [9.17, 15) is 5.11 Å². The summed E-state index contributed by atoms with van der Waals surface area (Å²) in [4.78, 5) is 6.91. The molecule has 2 heterocycles. The van der Waals surface area contributed by atoms with Crippen LogP contribution in [0.2, 0.25) is 0 Å². The Morgan fingerprint density at radius 1 is 0.857 bits per heavy atom. The molecular formula is C18H22N2O. The third-order valence-electron chi connectivity index (χ3n) is 4.13. The number of hydrogen-bond donors (Lipinski definition) is 1. The highest BCUT2D eigenvalue weighted by atomic mass is 16.3. The molecule has 1 aromatic carbocycles. The molecule has 0 radical (unpaired) electrons. The molecule has 0 saturated carbocycles. The van der Waals surface area contributed by atoms with Gasteiger partial charge in [0.2, 0.25) is 0 Å². The molecule has 0 spiro atoms. The molecule has 1 aliphatic heterocycles. The van der Waals surface area contributed by atoms with Crippen LogP contribution < -0.4 is 4.90 Å². The minimum absolute atomic E-state index is 0.600. The number of hydrogen-bond acceptors (Lipinski definition) is 3. The van der Waals surface area contributed by atoms with Gasteiger partial charge in [0.25, 0.3) is 0 Å². The van der Waals surface area contributed by atoms with Gasteiger partial charge in [0.1, 0.15) is 11.9 Å². The minimum Gasteiger partial charge on any atom is -0.384 e. The summed E-state index contributed by atoms with van der Waals surface area (Å²) in [5, 5.41) is 10.4. The summed E-state index contributed by atoms with van der Waals surface area (Å²) in [5.74, 6) is 1.03. The van der Waals surface area contributed by atoms with E-state index in [1.54, 1.807) is 6.20 Å². The first-order valence-electron chi connectivity index (χ1n) is 7.78. The van der Waals surface area contributed by atoms with Crippen molar-refractivity contribution in [3.63, 3.8) is 0 Å². The standard InChI is InChI=1S/C18H22N2O/c21-18(15-8-4-3-5-9-15)16-10-11-17(19-14-16)20-12-6-1-2-7-13-20/h3-5,8-11,14,18,21H,1-2,6-7,12-13H2/t18-/m1/s1. The number of rotatable bonds is 3. The zero-order chi connectivity index (χ0) is 14.5. The highest BCUT2D eigenvalue weighted by Gasteiger charge is 2.13. The van der Waals surface area contributed by atoms with Crippen molar-refractivity contribution in [1.29, 1.82) is 0 Å². The van der Waals surface area contributed by atoms with E-state index in [0.717, 1.165) is 30.0 Å². The Labute approximate surface area is 126 Å². The van der Waals surface area contributed by atoms with E-state index in [0.29, 0.717) is 0 Å². The largest absolute Gasteiger partial charge is 0.384 e. The van der Waals surface area contributed by atoms with Crippen molar-refractivity contribution >= 4 is 5.82 Å². The van der Waals surface area contributed by atoms with Crippen LogP contribution in [0.3, 0.4) is 0 Å². The van der Waals surface area contributed by atoms with Gasteiger partial charge >= 0.3 is 0 Å². The molecule has 21 heavy (non-hydrogen) atoms. The molecule has 0 aliphatic carbocycles. The van der Waals surface area contributed by atoms with Crippen LogP contribution in [-0.4, -0.2) is 23.2 Å². The second-order valence-electron chi connectivity index (χ2n) is 5.66. The zero-order valence-electron chi connectivity index (χ0n) is 12.3. The molecular weight excluding hydrogens is 260 g/mol. The van der Waals surface area contributed by atoms with Crippen LogP contribution in [0, 0.1) is 0 Å². The molecule has 2 aromatic rings. The monoisotopic (exact) mass is 282 g/mol. The van der Waals surface area contributed by atoms with E-state index >= 15 is 0 Å². The van der Waals surface area contributed by atoms with Gasteiger partial charge in [0, 0.05) is 24.8 Å². The number of anilines is 1. The smallest absolute Gasteiger partial charge is 0.128 e. The van der Waals surface area contributed by atoms with Crippen molar-refractivity contribution in [2.45, 2.75) is 31.8 Å². The predicted octanol–water partition coefficient (Wildman–Crippen LogP) is 3.54. The van der Waals surface area contributed by atoms with E-state index < -0.39 is 6.10 Å². The number of nitrogens with zero attached hydrogens (tertiary/aromatic N) is 2. The summed E-state index contributed by atoms with van der Waals surface area (Å²) in [6.45, 7) is 2.18. The van der Waals surface area contributed by atoms with Crippen LogP contribution in [-0.2, 0) is 0 Å². The average Bonchev–Trinajstić information content (AvgIpc) is 2.84. The summed E-state index contributed by atoms with van der Waals surface area (Å²) in [7, 11) is 0. The lowest BCUT2D eigenvalue weighted by Crippen LogP contribution is -2.24. The maximum Gasteiger partial charge on any atom is 0.128 e. The summed E-state index contributed by atoms with van der Waals surface area (Å²) >= 11 is 0. The Kier molecular flexibility index (Phi) is 4.51. The maximum atomic E-state index is 10.4. The molecule has 3 rings (SSSR count). The lowest BCUT2D eigenvalue weighted by atomic mass is 10.0. The molecule has 1 aromatic heterocycles. The number of aliphatic hydroxyl groups excluding tert-OH is 1. The number of pyridine rings is 1. The van der Waals surface area contributed by atoms with Crippen molar-refractivity contribution < 1.29 is 5.11 Å². The molecule has 0 amide bonds. The van der Waals surface area contributed by atoms with Gasteiger partial charge in [0.05, 0.1) is 0 Å². The normalized spacial score (nSPS) is 17.3. The summed E-state index contributed by atoms with van der Waals surface area (Å²) in [5.41, 5.74) is 1.75. The zero-order valence-corrected chi connectivity index (χ0v) is 12.3. The average molecular weight is 282 g/mol. The Hall–Kier alpha value is -1.87. The summed E-state index contributed by atoms with van der Waals surface area (Å²) in [6.07, 6.45) is 6.34. The predicted molar refractivity (Wildman–Crippen MR) is 85.4 cm³/mol. The fraction of sp³-hybridized carbons (Fsp3) is 0.389. The molecule has 1 aliphatic rings. The Morgan fingerprint density at radius 2 is 1.57 bits per heavy atom. The molecule has 0 bridgehead atoms. The van der Waals surface area contributed by atoms with Gasteiger partial charge in [-0.2, -0.15) is 0 Å². The van der Waals surface area contributed by atoms with Gasteiger partial charge in [0.15, 0.2) is 0 Å². The van der Waals surface area contributed by atoms with Gasteiger partial charge in [-0.15, -0.1) is 0 Å². The second kappa shape index (κ2) is 6.72. The third-order valence-corrected chi connectivity index (χ3v) is 4.13. The van der Waals surface area contributed by atoms with Crippen LogP contribution in [0.5, 0.6) is 0 Å². The highest BCUT2D eigenvalue weighted by Crippen LogP contribution is 2.23. The minimum atomic E-state index is -0.600. The van der Waals surface area contributed by atoms with Crippen molar-refractivity contribution in [3.8, 4) is 0 Å². The van der Waals surface area contributed by atoms with E-state index in [-0.39, 0.29) is 0 Å². The molecule has 1 atom stereocenters. The van der Waals surface area contributed by atoms with Crippen LogP contribution >= 0.6 is 0 Å². The first-order valence-corrected chi connectivity index (χ1v) is 7.78. The SMILES string of the molecule is O[C@H](c1ccccc1)c1ccc(N2CCCCCC2)nc1. The number of benzene rings is 1. The van der Waals surface area contributed by atoms with Gasteiger partial charge in [-0.3, -0.25) is 0 Å². The Morgan fingerprint density at radius 3 is 2.19 bits per heavy atom. The lowest BCUT2D eigenvalue weighted by Gasteiger charge is -2.22. The van der Waals surface area contributed by atoms with Crippen molar-refractivity contribution in [2.24, 2.45) is 0 Å². The molecule has 1 N–H and O–H groups in total. The third kappa shape index (κ3) is 3.42. The van der Waals surface area contributed by atoms with Crippen molar-refractivity contribution in [1.82, 2.24) is 4.98 Å². The number of aromatic nitrogens is 1.